The molecule has 5 nitrogen and oxygen atoms in total. The van der Waals surface area contributed by atoms with Crippen LogP contribution in [0.25, 0.3) is 0 Å². The number of nitrogens with two attached hydrogens (primary N) is 1. The zero-order valence-electron chi connectivity index (χ0n) is 9.10. The van der Waals surface area contributed by atoms with Crippen molar-refractivity contribution in [3.8, 4) is 5.75 Å². The molecule has 0 aliphatic carbocycles. The molecule has 0 amide bonds. The first kappa shape index (κ1) is 11.5. The fourth-order valence-corrected chi connectivity index (χ4v) is 1.25. The summed E-state index contributed by atoms with van der Waals surface area (Å²) in [6, 6.07) is 5.73. The Morgan fingerprint density at radius 2 is 2.06 bits per heavy atom. The molecule has 2 N–H and O–H groups in total. The van der Waals surface area contributed by atoms with Gasteiger partial charge in [0, 0.05) is 13.0 Å². The van der Waals surface area contributed by atoms with E-state index >= 15 is 0 Å². The molecule has 1 aromatic heterocycles. The van der Waals surface area contributed by atoms with Crippen molar-refractivity contribution in [2.24, 2.45) is 5.73 Å². The summed E-state index contributed by atoms with van der Waals surface area (Å²) in [7, 11) is 0. The van der Waals surface area contributed by atoms with Gasteiger partial charge in [0.25, 0.3) is 0 Å². The van der Waals surface area contributed by atoms with Crippen LogP contribution in [-0.2, 0) is 13.0 Å². The van der Waals surface area contributed by atoms with E-state index in [-0.39, 0.29) is 12.4 Å². The van der Waals surface area contributed by atoms with E-state index in [1.807, 2.05) is 0 Å². The SMILES string of the molecule is NCCc1nc(COc2ccc(F)cc2)no1. The largest absolute Gasteiger partial charge is 0.485 e. The highest BCUT2D eigenvalue weighted by atomic mass is 19.1. The van der Waals surface area contributed by atoms with Crippen LogP contribution in [0.4, 0.5) is 4.39 Å². The Balaban J connectivity index is 1.90. The summed E-state index contributed by atoms with van der Waals surface area (Å²) < 4.78 is 22.9. The first-order chi connectivity index (χ1) is 8.28. The molecule has 0 aliphatic heterocycles. The second-order valence-corrected chi connectivity index (χ2v) is 3.39. The van der Waals surface area contributed by atoms with Crippen LogP contribution in [0, 0.1) is 5.82 Å². The Hall–Kier alpha value is -1.95. The second-order valence-electron chi connectivity index (χ2n) is 3.39. The Morgan fingerprint density at radius 1 is 1.29 bits per heavy atom. The van der Waals surface area contributed by atoms with Crippen molar-refractivity contribution in [1.29, 1.82) is 0 Å². The summed E-state index contributed by atoms with van der Waals surface area (Å²) in [6.45, 7) is 0.639. The highest BCUT2D eigenvalue weighted by molar-refractivity contribution is 5.22. The lowest BCUT2D eigenvalue weighted by Crippen LogP contribution is -2.03. The summed E-state index contributed by atoms with van der Waals surface area (Å²) in [5.41, 5.74) is 5.35. The molecule has 17 heavy (non-hydrogen) atoms. The van der Waals surface area contributed by atoms with Gasteiger partial charge in [-0.15, -0.1) is 0 Å². The van der Waals surface area contributed by atoms with E-state index in [1.165, 1.54) is 24.3 Å². The fraction of sp³-hybridized carbons (Fsp3) is 0.273. The van der Waals surface area contributed by atoms with E-state index in [1.54, 1.807) is 0 Å². The van der Waals surface area contributed by atoms with Gasteiger partial charge in [-0.2, -0.15) is 4.98 Å². The third-order valence-corrected chi connectivity index (χ3v) is 2.05. The van der Waals surface area contributed by atoms with E-state index in [4.69, 9.17) is 15.0 Å². The molecule has 0 unspecified atom stereocenters. The number of halogens is 1. The number of nitrogens with zero attached hydrogens (tertiary/aromatic N) is 2. The minimum atomic E-state index is -0.304. The van der Waals surface area contributed by atoms with Gasteiger partial charge < -0.3 is 15.0 Å². The lowest BCUT2D eigenvalue weighted by molar-refractivity contribution is 0.285. The lowest BCUT2D eigenvalue weighted by atomic mass is 10.3. The third-order valence-electron chi connectivity index (χ3n) is 2.05. The molecule has 1 heterocycles. The van der Waals surface area contributed by atoms with Crippen LogP contribution in [-0.4, -0.2) is 16.7 Å². The number of benzene rings is 1. The summed E-state index contributed by atoms with van der Waals surface area (Å²) in [4.78, 5) is 4.08. The molecule has 0 aliphatic rings. The van der Waals surface area contributed by atoms with E-state index in [2.05, 4.69) is 10.1 Å². The zero-order chi connectivity index (χ0) is 12.1. The van der Waals surface area contributed by atoms with E-state index in [0.717, 1.165) is 0 Å². The Kier molecular flexibility index (Phi) is 3.66. The third kappa shape index (κ3) is 3.25. The predicted octanol–water partition coefficient (Wildman–Crippen LogP) is 1.29. The minimum Gasteiger partial charge on any atom is -0.485 e. The van der Waals surface area contributed by atoms with Gasteiger partial charge in [-0.25, -0.2) is 4.39 Å². The first-order valence-electron chi connectivity index (χ1n) is 5.18. The van der Waals surface area contributed by atoms with Crippen molar-refractivity contribution in [3.63, 3.8) is 0 Å². The predicted molar refractivity (Wildman–Crippen MR) is 57.8 cm³/mol. The fourth-order valence-electron chi connectivity index (χ4n) is 1.25. The molecule has 0 radical (unpaired) electrons. The topological polar surface area (TPSA) is 74.2 Å². The van der Waals surface area contributed by atoms with Gasteiger partial charge >= 0.3 is 0 Å². The zero-order valence-corrected chi connectivity index (χ0v) is 9.10. The van der Waals surface area contributed by atoms with E-state index < -0.39 is 0 Å². The van der Waals surface area contributed by atoms with Crippen molar-refractivity contribution in [2.45, 2.75) is 13.0 Å². The summed E-state index contributed by atoms with van der Waals surface area (Å²) in [5, 5.41) is 3.73. The van der Waals surface area contributed by atoms with Crippen LogP contribution in [0.15, 0.2) is 28.8 Å². The molecular weight excluding hydrogens is 225 g/mol. The molecule has 0 saturated heterocycles. The average Bonchev–Trinajstić information content (AvgIpc) is 2.77. The number of ether oxygens (including phenoxy) is 1. The molecule has 1 aromatic carbocycles. The maximum Gasteiger partial charge on any atom is 0.228 e. The molecule has 0 atom stereocenters. The standard InChI is InChI=1S/C11H12FN3O2/c12-8-1-3-9(4-2-8)16-7-10-14-11(5-6-13)17-15-10/h1-4H,5-7,13H2. The van der Waals surface area contributed by atoms with E-state index in [9.17, 15) is 4.39 Å². The summed E-state index contributed by atoms with van der Waals surface area (Å²) in [5.74, 6) is 1.18. The number of hydrogen-bond acceptors (Lipinski definition) is 5. The maximum atomic E-state index is 12.6. The molecule has 0 fully saturated rings. The van der Waals surface area contributed by atoms with Crippen LogP contribution in [0.1, 0.15) is 11.7 Å². The van der Waals surface area contributed by atoms with Crippen LogP contribution in [0.3, 0.4) is 0 Å². The van der Waals surface area contributed by atoms with Crippen molar-refractivity contribution in [2.75, 3.05) is 6.54 Å². The minimum absolute atomic E-state index is 0.180. The van der Waals surface area contributed by atoms with Gasteiger partial charge in [-0.1, -0.05) is 5.16 Å². The van der Waals surface area contributed by atoms with Gasteiger partial charge in [0.05, 0.1) is 0 Å². The summed E-state index contributed by atoms with van der Waals surface area (Å²) in [6.07, 6.45) is 0.545. The molecule has 6 heteroatoms. The Bertz CT molecular complexity index is 470. The average molecular weight is 237 g/mol. The molecule has 2 rings (SSSR count). The lowest BCUT2D eigenvalue weighted by Gasteiger charge is -2.01. The summed E-state index contributed by atoms with van der Waals surface area (Å²) >= 11 is 0. The van der Waals surface area contributed by atoms with Gasteiger partial charge in [0.1, 0.15) is 11.6 Å². The molecule has 0 saturated carbocycles. The first-order valence-corrected chi connectivity index (χ1v) is 5.18. The second kappa shape index (κ2) is 5.40. The van der Waals surface area contributed by atoms with Crippen molar-refractivity contribution in [1.82, 2.24) is 10.1 Å². The van der Waals surface area contributed by atoms with Gasteiger partial charge in [0.15, 0.2) is 6.61 Å². The van der Waals surface area contributed by atoms with E-state index in [0.29, 0.717) is 30.4 Å². The maximum absolute atomic E-state index is 12.6. The van der Waals surface area contributed by atoms with Gasteiger partial charge in [-0.3, -0.25) is 0 Å². The molecule has 2 aromatic rings. The smallest absolute Gasteiger partial charge is 0.228 e. The van der Waals surface area contributed by atoms with Crippen molar-refractivity contribution in [3.05, 3.63) is 41.8 Å². The van der Waals surface area contributed by atoms with Crippen LogP contribution in [0.5, 0.6) is 5.75 Å². The number of rotatable bonds is 5. The quantitative estimate of drug-likeness (QED) is 0.848. The molecule has 0 spiro atoms. The monoisotopic (exact) mass is 237 g/mol. The van der Waals surface area contributed by atoms with Gasteiger partial charge in [-0.05, 0) is 24.3 Å². The van der Waals surface area contributed by atoms with Crippen molar-refractivity contribution >= 4 is 0 Å². The molecule has 0 bridgehead atoms. The number of hydrogen-bond donors (Lipinski definition) is 1. The molecule has 90 valence electrons. The van der Waals surface area contributed by atoms with Crippen LogP contribution >= 0.6 is 0 Å². The van der Waals surface area contributed by atoms with Crippen LogP contribution < -0.4 is 10.5 Å². The van der Waals surface area contributed by atoms with Crippen molar-refractivity contribution < 1.29 is 13.7 Å². The highest BCUT2D eigenvalue weighted by Crippen LogP contribution is 2.12. The number of aromatic nitrogens is 2. The Labute approximate surface area is 97.4 Å². The molecular formula is C11H12FN3O2. The normalized spacial score (nSPS) is 10.5. The highest BCUT2D eigenvalue weighted by Gasteiger charge is 2.05. The van der Waals surface area contributed by atoms with Gasteiger partial charge in [0.2, 0.25) is 11.7 Å². The van der Waals surface area contributed by atoms with Crippen LogP contribution in [0.2, 0.25) is 0 Å². The Morgan fingerprint density at radius 3 is 2.76 bits per heavy atom.